The van der Waals surface area contributed by atoms with Crippen molar-refractivity contribution in [3.63, 3.8) is 0 Å². The topological polar surface area (TPSA) is 75.7 Å². The molecule has 0 bridgehead atoms. The van der Waals surface area contributed by atoms with Crippen LogP contribution in [0.5, 0.6) is 0 Å². The highest BCUT2D eigenvalue weighted by atomic mass is 32.2. The number of ether oxygens (including phenoxy) is 1. The summed E-state index contributed by atoms with van der Waals surface area (Å²) in [4.78, 5) is 11.1. The fourth-order valence-corrected chi connectivity index (χ4v) is 3.88. The lowest BCUT2D eigenvalue weighted by Crippen LogP contribution is -2.45. The van der Waals surface area contributed by atoms with Crippen LogP contribution in [0.2, 0.25) is 0 Å². The molecule has 1 saturated carbocycles. The van der Waals surface area contributed by atoms with E-state index in [0.29, 0.717) is 5.92 Å². The van der Waals surface area contributed by atoms with Crippen LogP contribution in [-0.4, -0.2) is 45.4 Å². The summed E-state index contributed by atoms with van der Waals surface area (Å²) in [6, 6.07) is -0.0753. The fraction of sp³-hybridized carbons (Fsp3) is 0.929. The smallest absolute Gasteiger partial charge is 0.306 e. The highest BCUT2D eigenvalue weighted by Crippen LogP contribution is 2.25. The zero-order valence-electron chi connectivity index (χ0n) is 13.3. The standard InChI is InChI=1S/C14H28N2O4S/c1-12(13-8-6-4-5-7-9-13)15-21(18,19)16(2)11-10-14(17)20-3/h12-13,15H,4-11H2,1-3H3/t12-/m0/s1. The van der Waals surface area contributed by atoms with E-state index in [-0.39, 0.29) is 19.0 Å². The van der Waals surface area contributed by atoms with Gasteiger partial charge in [-0.2, -0.15) is 17.4 Å². The average molecular weight is 320 g/mol. The Morgan fingerprint density at radius 3 is 2.38 bits per heavy atom. The van der Waals surface area contributed by atoms with Crippen molar-refractivity contribution in [3.05, 3.63) is 0 Å². The predicted octanol–water partition coefficient (Wildman–Crippen LogP) is 1.67. The molecule has 0 unspecified atom stereocenters. The van der Waals surface area contributed by atoms with Gasteiger partial charge in [-0.15, -0.1) is 0 Å². The fourth-order valence-electron chi connectivity index (χ4n) is 2.70. The Balaban J connectivity index is 2.51. The van der Waals surface area contributed by atoms with E-state index in [1.54, 1.807) is 0 Å². The molecular weight excluding hydrogens is 292 g/mol. The Morgan fingerprint density at radius 1 is 1.29 bits per heavy atom. The molecule has 0 amide bonds. The lowest BCUT2D eigenvalue weighted by molar-refractivity contribution is -0.140. The highest BCUT2D eigenvalue weighted by Gasteiger charge is 2.26. The number of carbonyl (C=O) groups excluding carboxylic acids is 1. The second-order valence-corrected chi connectivity index (χ2v) is 7.62. The van der Waals surface area contributed by atoms with Gasteiger partial charge in [-0.3, -0.25) is 4.79 Å². The van der Waals surface area contributed by atoms with Gasteiger partial charge in [0, 0.05) is 19.6 Å². The molecule has 7 heteroatoms. The largest absolute Gasteiger partial charge is 0.469 e. The number of methoxy groups -OCH3 is 1. The number of nitrogens with one attached hydrogen (secondary N) is 1. The maximum atomic E-state index is 12.2. The van der Waals surface area contributed by atoms with E-state index in [1.807, 2.05) is 6.92 Å². The summed E-state index contributed by atoms with van der Waals surface area (Å²) in [6.45, 7) is 2.06. The Kier molecular flexibility index (Phi) is 7.62. The SMILES string of the molecule is COC(=O)CCN(C)S(=O)(=O)N[C@@H](C)C1CCCCCC1. The van der Waals surface area contributed by atoms with Gasteiger partial charge in [0.1, 0.15) is 0 Å². The lowest BCUT2D eigenvalue weighted by atomic mass is 9.94. The van der Waals surface area contributed by atoms with E-state index in [9.17, 15) is 13.2 Å². The van der Waals surface area contributed by atoms with Crippen LogP contribution in [0.4, 0.5) is 0 Å². The maximum Gasteiger partial charge on any atom is 0.306 e. The second-order valence-electron chi connectivity index (χ2n) is 5.81. The molecule has 1 fully saturated rings. The predicted molar refractivity (Wildman–Crippen MR) is 82.0 cm³/mol. The van der Waals surface area contributed by atoms with E-state index < -0.39 is 16.2 Å². The van der Waals surface area contributed by atoms with Crippen LogP contribution >= 0.6 is 0 Å². The van der Waals surface area contributed by atoms with Crippen LogP contribution < -0.4 is 4.72 Å². The molecule has 1 rings (SSSR count). The van der Waals surface area contributed by atoms with Crippen molar-refractivity contribution < 1.29 is 17.9 Å². The molecule has 1 N–H and O–H groups in total. The third-order valence-electron chi connectivity index (χ3n) is 4.21. The molecule has 1 aliphatic rings. The van der Waals surface area contributed by atoms with Gasteiger partial charge in [0.15, 0.2) is 0 Å². The second kappa shape index (κ2) is 8.70. The Bertz CT molecular complexity index is 417. The van der Waals surface area contributed by atoms with E-state index >= 15 is 0 Å². The molecule has 0 aromatic rings. The molecule has 124 valence electrons. The van der Waals surface area contributed by atoms with Crippen molar-refractivity contribution in [2.75, 3.05) is 20.7 Å². The van der Waals surface area contributed by atoms with Crippen LogP contribution in [0.15, 0.2) is 0 Å². The van der Waals surface area contributed by atoms with Crippen molar-refractivity contribution >= 4 is 16.2 Å². The van der Waals surface area contributed by atoms with E-state index in [2.05, 4.69) is 9.46 Å². The molecule has 21 heavy (non-hydrogen) atoms. The molecule has 0 saturated heterocycles. The molecule has 0 heterocycles. The van der Waals surface area contributed by atoms with Gasteiger partial charge in [0.25, 0.3) is 10.2 Å². The first-order valence-corrected chi connectivity index (χ1v) is 9.11. The minimum atomic E-state index is -3.55. The monoisotopic (exact) mass is 320 g/mol. The first kappa shape index (κ1) is 18.4. The number of rotatable bonds is 7. The molecule has 0 spiro atoms. The normalized spacial score (nSPS) is 19.2. The molecule has 6 nitrogen and oxygen atoms in total. The number of esters is 1. The summed E-state index contributed by atoms with van der Waals surface area (Å²) >= 11 is 0. The van der Waals surface area contributed by atoms with Crippen molar-refractivity contribution in [2.24, 2.45) is 5.92 Å². The molecule has 0 radical (unpaired) electrons. The van der Waals surface area contributed by atoms with Crippen LogP contribution in [0.3, 0.4) is 0 Å². The number of hydrogen-bond acceptors (Lipinski definition) is 4. The highest BCUT2D eigenvalue weighted by molar-refractivity contribution is 7.87. The molecule has 1 atom stereocenters. The van der Waals surface area contributed by atoms with Crippen LogP contribution in [0, 0.1) is 5.92 Å². The number of carbonyl (C=O) groups is 1. The van der Waals surface area contributed by atoms with E-state index in [1.165, 1.54) is 44.1 Å². The number of hydrogen-bond donors (Lipinski definition) is 1. The third kappa shape index (κ3) is 6.32. The third-order valence-corrected chi connectivity index (χ3v) is 5.88. The van der Waals surface area contributed by atoms with Gasteiger partial charge in [0.05, 0.1) is 13.5 Å². The molecule has 0 aromatic heterocycles. The Morgan fingerprint density at radius 2 is 1.86 bits per heavy atom. The van der Waals surface area contributed by atoms with Crippen molar-refractivity contribution in [2.45, 2.75) is 57.9 Å². The van der Waals surface area contributed by atoms with Gasteiger partial charge in [-0.1, -0.05) is 25.7 Å². The van der Waals surface area contributed by atoms with Gasteiger partial charge in [-0.25, -0.2) is 0 Å². The molecule has 0 aliphatic heterocycles. The van der Waals surface area contributed by atoms with Gasteiger partial charge >= 0.3 is 5.97 Å². The van der Waals surface area contributed by atoms with Crippen LogP contribution in [0.25, 0.3) is 0 Å². The van der Waals surface area contributed by atoms with Gasteiger partial charge in [0.2, 0.25) is 0 Å². The summed E-state index contributed by atoms with van der Waals surface area (Å²) in [7, 11) is -0.777. The number of nitrogens with zero attached hydrogens (tertiary/aromatic N) is 1. The zero-order chi connectivity index (χ0) is 15.9. The van der Waals surface area contributed by atoms with Crippen LogP contribution in [-0.2, 0) is 19.7 Å². The van der Waals surface area contributed by atoms with Crippen molar-refractivity contribution in [1.29, 1.82) is 0 Å². The first-order chi connectivity index (χ1) is 9.86. The van der Waals surface area contributed by atoms with E-state index in [0.717, 1.165) is 12.8 Å². The first-order valence-electron chi connectivity index (χ1n) is 7.67. The lowest BCUT2D eigenvalue weighted by Gasteiger charge is -2.26. The molecule has 1 aliphatic carbocycles. The zero-order valence-corrected chi connectivity index (χ0v) is 14.1. The van der Waals surface area contributed by atoms with Gasteiger partial charge in [-0.05, 0) is 25.7 Å². The van der Waals surface area contributed by atoms with Crippen molar-refractivity contribution in [1.82, 2.24) is 9.03 Å². The quantitative estimate of drug-likeness (QED) is 0.572. The van der Waals surface area contributed by atoms with Crippen LogP contribution in [0.1, 0.15) is 51.9 Å². The Hall–Kier alpha value is -0.660. The summed E-state index contributed by atoms with van der Waals surface area (Å²) in [5.74, 6) is -0.00912. The summed E-state index contributed by atoms with van der Waals surface area (Å²) in [5, 5.41) is 0. The summed E-state index contributed by atoms with van der Waals surface area (Å²) < 4.78 is 32.9. The van der Waals surface area contributed by atoms with Crippen molar-refractivity contribution in [3.8, 4) is 0 Å². The minimum absolute atomic E-state index is 0.0612. The van der Waals surface area contributed by atoms with Gasteiger partial charge < -0.3 is 4.74 Å². The molecule has 0 aromatic carbocycles. The molecular formula is C14H28N2O4S. The Labute approximate surface area is 128 Å². The summed E-state index contributed by atoms with van der Waals surface area (Å²) in [6.07, 6.45) is 7.06. The average Bonchev–Trinajstić information content (AvgIpc) is 2.72. The minimum Gasteiger partial charge on any atom is -0.469 e. The summed E-state index contributed by atoms with van der Waals surface area (Å²) in [5.41, 5.74) is 0. The van der Waals surface area contributed by atoms with E-state index in [4.69, 9.17) is 0 Å². The maximum absolute atomic E-state index is 12.2.